The lowest BCUT2D eigenvalue weighted by molar-refractivity contribution is 0.363. The summed E-state index contributed by atoms with van der Waals surface area (Å²) in [6.45, 7) is 4.66. The van der Waals surface area contributed by atoms with Gasteiger partial charge in [-0.25, -0.2) is 0 Å². The fourth-order valence-electron chi connectivity index (χ4n) is 1.13. The molecule has 14 heavy (non-hydrogen) atoms. The number of halogens is 1. The second kappa shape index (κ2) is 5.68. The molecule has 1 aromatic carbocycles. The summed E-state index contributed by atoms with van der Waals surface area (Å²) in [5, 5.41) is 0.623. The molecular weight excluding hydrogens is 198 g/mol. The Bertz CT molecular complexity index is 312. The van der Waals surface area contributed by atoms with Crippen LogP contribution in [-0.2, 0) is 6.42 Å². The molecule has 0 aromatic heterocycles. The lowest BCUT2D eigenvalue weighted by Crippen LogP contribution is -2.02. The first-order valence-electron chi connectivity index (χ1n) is 4.50. The molecule has 0 aliphatic rings. The predicted octanol–water partition coefficient (Wildman–Crippen LogP) is 2.41. The molecule has 0 aliphatic heterocycles. The van der Waals surface area contributed by atoms with Crippen molar-refractivity contribution in [3.05, 3.63) is 41.4 Å². The van der Waals surface area contributed by atoms with Crippen LogP contribution < -0.4 is 10.5 Å². The smallest absolute Gasteiger partial charge is 0.138 e. The van der Waals surface area contributed by atoms with Crippen molar-refractivity contribution in [2.75, 3.05) is 13.2 Å². The van der Waals surface area contributed by atoms with E-state index in [-0.39, 0.29) is 0 Å². The first kappa shape index (κ1) is 11.1. The van der Waals surface area contributed by atoms with Crippen molar-refractivity contribution in [3.8, 4) is 5.75 Å². The third kappa shape index (κ3) is 3.05. The van der Waals surface area contributed by atoms with E-state index in [1.54, 1.807) is 6.08 Å². The largest absolute Gasteiger partial charge is 0.488 e. The molecule has 0 atom stereocenters. The molecule has 3 heteroatoms. The zero-order valence-electron chi connectivity index (χ0n) is 8.00. The average Bonchev–Trinajstić information content (AvgIpc) is 2.17. The summed E-state index contributed by atoms with van der Waals surface area (Å²) in [6.07, 6.45) is 2.52. The van der Waals surface area contributed by atoms with Gasteiger partial charge in [-0.05, 0) is 30.7 Å². The maximum atomic E-state index is 6.00. The quantitative estimate of drug-likeness (QED) is 0.760. The van der Waals surface area contributed by atoms with Gasteiger partial charge in [0.05, 0.1) is 5.02 Å². The Kier molecular flexibility index (Phi) is 4.50. The van der Waals surface area contributed by atoms with E-state index >= 15 is 0 Å². The zero-order chi connectivity index (χ0) is 10.4. The van der Waals surface area contributed by atoms with E-state index < -0.39 is 0 Å². The summed E-state index contributed by atoms with van der Waals surface area (Å²) in [7, 11) is 0. The number of benzene rings is 1. The van der Waals surface area contributed by atoms with Gasteiger partial charge in [-0.2, -0.15) is 0 Å². The molecule has 1 rings (SSSR count). The molecule has 1 aromatic rings. The van der Waals surface area contributed by atoms with Crippen molar-refractivity contribution < 1.29 is 4.74 Å². The summed E-state index contributed by atoms with van der Waals surface area (Å²) in [5.74, 6) is 0.687. The van der Waals surface area contributed by atoms with Crippen molar-refractivity contribution in [1.82, 2.24) is 0 Å². The van der Waals surface area contributed by atoms with Crippen LogP contribution in [0.2, 0.25) is 5.02 Å². The molecule has 0 saturated carbocycles. The highest BCUT2D eigenvalue weighted by molar-refractivity contribution is 6.32. The number of hydrogen-bond acceptors (Lipinski definition) is 2. The first-order valence-corrected chi connectivity index (χ1v) is 4.88. The second-order valence-electron chi connectivity index (χ2n) is 2.90. The summed E-state index contributed by atoms with van der Waals surface area (Å²) in [5.41, 5.74) is 6.57. The van der Waals surface area contributed by atoms with Gasteiger partial charge < -0.3 is 10.5 Å². The Morgan fingerprint density at radius 3 is 2.86 bits per heavy atom. The van der Waals surface area contributed by atoms with E-state index in [9.17, 15) is 0 Å². The van der Waals surface area contributed by atoms with Crippen LogP contribution in [0.25, 0.3) is 0 Å². The standard InChI is InChI=1S/C11H14ClNO/c1-2-7-14-11-4-3-9(5-6-13)8-10(11)12/h2-4,8H,1,5-7,13H2. The van der Waals surface area contributed by atoms with Gasteiger partial charge in [0.25, 0.3) is 0 Å². The lowest BCUT2D eigenvalue weighted by Gasteiger charge is -2.07. The molecule has 0 bridgehead atoms. The van der Waals surface area contributed by atoms with Crippen LogP contribution in [-0.4, -0.2) is 13.2 Å². The van der Waals surface area contributed by atoms with Crippen LogP contribution in [0.3, 0.4) is 0 Å². The van der Waals surface area contributed by atoms with E-state index in [0.29, 0.717) is 23.9 Å². The molecule has 0 aliphatic carbocycles. The van der Waals surface area contributed by atoms with Gasteiger partial charge in [0.2, 0.25) is 0 Å². The molecule has 76 valence electrons. The molecule has 0 radical (unpaired) electrons. The van der Waals surface area contributed by atoms with Crippen molar-refractivity contribution in [2.45, 2.75) is 6.42 Å². The van der Waals surface area contributed by atoms with E-state index in [0.717, 1.165) is 12.0 Å². The molecular formula is C11H14ClNO. The van der Waals surface area contributed by atoms with E-state index in [4.69, 9.17) is 22.1 Å². The van der Waals surface area contributed by atoms with Gasteiger partial charge in [-0.3, -0.25) is 0 Å². The van der Waals surface area contributed by atoms with Crippen LogP contribution >= 0.6 is 11.6 Å². The minimum Gasteiger partial charge on any atom is -0.488 e. The fourth-order valence-corrected chi connectivity index (χ4v) is 1.39. The molecule has 0 unspecified atom stereocenters. The van der Waals surface area contributed by atoms with E-state index in [1.807, 2.05) is 18.2 Å². The highest BCUT2D eigenvalue weighted by Crippen LogP contribution is 2.25. The maximum absolute atomic E-state index is 6.00. The Balaban J connectivity index is 2.73. The Morgan fingerprint density at radius 1 is 1.50 bits per heavy atom. The van der Waals surface area contributed by atoms with Crippen LogP contribution in [0.4, 0.5) is 0 Å². The van der Waals surface area contributed by atoms with Gasteiger partial charge in [0, 0.05) is 0 Å². The van der Waals surface area contributed by atoms with Crippen LogP contribution in [0.15, 0.2) is 30.9 Å². The van der Waals surface area contributed by atoms with Gasteiger partial charge in [-0.1, -0.05) is 30.3 Å². The van der Waals surface area contributed by atoms with Crippen LogP contribution in [0, 0.1) is 0 Å². The van der Waals surface area contributed by atoms with Gasteiger partial charge in [-0.15, -0.1) is 0 Å². The minimum absolute atomic E-state index is 0.468. The van der Waals surface area contributed by atoms with Gasteiger partial charge in [0.1, 0.15) is 12.4 Å². The topological polar surface area (TPSA) is 35.2 Å². The van der Waals surface area contributed by atoms with E-state index in [2.05, 4.69) is 6.58 Å². The molecule has 0 spiro atoms. The monoisotopic (exact) mass is 211 g/mol. The van der Waals surface area contributed by atoms with Crippen molar-refractivity contribution in [1.29, 1.82) is 0 Å². The third-order valence-electron chi connectivity index (χ3n) is 1.79. The predicted molar refractivity (Wildman–Crippen MR) is 59.9 cm³/mol. The van der Waals surface area contributed by atoms with Crippen molar-refractivity contribution in [3.63, 3.8) is 0 Å². The molecule has 2 nitrogen and oxygen atoms in total. The summed E-state index contributed by atoms with van der Waals surface area (Å²) < 4.78 is 5.34. The molecule has 0 saturated heterocycles. The SMILES string of the molecule is C=CCOc1ccc(CCN)cc1Cl. The lowest BCUT2D eigenvalue weighted by atomic mass is 10.1. The van der Waals surface area contributed by atoms with Crippen LogP contribution in [0.5, 0.6) is 5.75 Å². The average molecular weight is 212 g/mol. The molecule has 0 heterocycles. The van der Waals surface area contributed by atoms with Crippen molar-refractivity contribution >= 4 is 11.6 Å². The van der Waals surface area contributed by atoms with Gasteiger partial charge >= 0.3 is 0 Å². The number of ether oxygens (including phenoxy) is 1. The second-order valence-corrected chi connectivity index (χ2v) is 3.31. The summed E-state index contributed by atoms with van der Waals surface area (Å²) in [6, 6.07) is 5.71. The van der Waals surface area contributed by atoms with E-state index in [1.165, 1.54) is 0 Å². The normalized spacial score (nSPS) is 9.86. The highest BCUT2D eigenvalue weighted by Gasteiger charge is 2.01. The highest BCUT2D eigenvalue weighted by atomic mass is 35.5. The third-order valence-corrected chi connectivity index (χ3v) is 2.08. The number of hydrogen-bond donors (Lipinski definition) is 1. The maximum Gasteiger partial charge on any atom is 0.138 e. The Hall–Kier alpha value is -0.990. The van der Waals surface area contributed by atoms with Gasteiger partial charge in [0.15, 0.2) is 0 Å². The number of nitrogens with two attached hydrogens (primary N) is 1. The van der Waals surface area contributed by atoms with Crippen LogP contribution in [0.1, 0.15) is 5.56 Å². The summed E-state index contributed by atoms with van der Waals surface area (Å²) >= 11 is 6.00. The molecule has 2 N–H and O–H groups in total. The fraction of sp³-hybridized carbons (Fsp3) is 0.273. The molecule has 0 fully saturated rings. The Morgan fingerprint density at radius 2 is 2.29 bits per heavy atom. The first-order chi connectivity index (χ1) is 6.77. The molecule has 0 amide bonds. The Labute approximate surface area is 89.3 Å². The summed E-state index contributed by atoms with van der Waals surface area (Å²) in [4.78, 5) is 0. The zero-order valence-corrected chi connectivity index (χ0v) is 8.76. The number of rotatable bonds is 5. The minimum atomic E-state index is 0.468. The van der Waals surface area contributed by atoms with Crippen molar-refractivity contribution in [2.24, 2.45) is 5.73 Å².